The summed E-state index contributed by atoms with van der Waals surface area (Å²) in [5.41, 5.74) is 13.5. The van der Waals surface area contributed by atoms with Gasteiger partial charge in [0.05, 0.1) is 6.04 Å². The van der Waals surface area contributed by atoms with Gasteiger partial charge in [0.2, 0.25) is 23.5 Å². The number of ketones is 1. The first-order valence-electron chi connectivity index (χ1n) is 17.3. The Morgan fingerprint density at radius 3 is 2.02 bits per heavy atom. The summed E-state index contributed by atoms with van der Waals surface area (Å²) in [6.45, 7) is 1.56. The molecule has 1 heterocycles. The molecule has 5 aromatic rings. The summed E-state index contributed by atoms with van der Waals surface area (Å²) in [5, 5.41) is 17.4. The van der Waals surface area contributed by atoms with Crippen molar-refractivity contribution in [2.24, 2.45) is 16.5 Å². The van der Waals surface area contributed by atoms with Gasteiger partial charge in [-0.25, -0.2) is 9.78 Å². The summed E-state index contributed by atoms with van der Waals surface area (Å²) in [7, 11) is 0. The van der Waals surface area contributed by atoms with Crippen LogP contribution < -0.4 is 27.4 Å². The van der Waals surface area contributed by atoms with E-state index in [0.29, 0.717) is 17.5 Å². The number of oxazole rings is 1. The van der Waals surface area contributed by atoms with Crippen molar-refractivity contribution in [2.45, 2.75) is 56.9 Å². The molecular weight excluding hydrogens is 735 g/mol. The van der Waals surface area contributed by atoms with E-state index in [-0.39, 0.29) is 37.7 Å². The normalized spacial score (nSPS) is 12.6. The van der Waals surface area contributed by atoms with Crippen LogP contribution in [0.2, 0.25) is 0 Å². The van der Waals surface area contributed by atoms with Crippen molar-refractivity contribution in [3.63, 3.8) is 0 Å². The lowest BCUT2D eigenvalue weighted by atomic mass is 9.97. The van der Waals surface area contributed by atoms with Gasteiger partial charge < -0.3 is 36.9 Å². The molecule has 0 aliphatic heterocycles. The molecule has 3 atom stereocenters. The van der Waals surface area contributed by atoms with Crippen molar-refractivity contribution in [3.05, 3.63) is 114 Å². The lowest BCUT2D eigenvalue weighted by molar-refractivity contribution is -0.192. The Labute approximate surface area is 318 Å². The first kappa shape index (κ1) is 42.0. The molecule has 14 nitrogen and oxygen atoms in total. The van der Waals surface area contributed by atoms with Crippen LogP contribution in [0.4, 0.5) is 13.2 Å². The zero-order valence-electron chi connectivity index (χ0n) is 30.1. The number of guanidine groups is 1. The van der Waals surface area contributed by atoms with E-state index >= 15 is 0 Å². The van der Waals surface area contributed by atoms with Crippen molar-refractivity contribution in [2.75, 3.05) is 6.54 Å². The lowest BCUT2D eigenvalue weighted by Crippen LogP contribution is -2.56. The molecule has 4 aromatic carbocycles. The minimum atomic E-state index is -5.08. The molecule has 0 bridgehead atoms. The number of halogens is 3. The lowest BCUT2D eigenvalue weighted by Gasteiger charge is -2.25. The molecule has 0 unspecified atom stereocenters. The topological polar surface area (TPSA) is 232 Å². The highest BCUT2D eigenvalue weighted by atomic mass is 19.4. The fourth-order valence-corrected chi connectivity index (χ4v) is 5.65. The Balaban J connectivity index is 0.000000908. The predicted molar refractivity (Wildman–Crippen MR) is 201 cm³/mol. The summed E-state index contributed by atoms with van der Waals surface area (Å²) in [6, 6.07) is 26.5. The zero-order chi connectivity index (χ0) is 40.8. The second-order valence-electron chi connectivity index (χ2n) is 12.5. The van der Waals surface area contributed by atoms with Gasteiger partial charge in [-0.3, -0.25) is 24.2 Å². The molecule has 0 fully saturated rings. The van der Waals surface area contributed by atoms with Crippen LogP contribution in [0, 0.1) is 0 Å². The van der Waals surface area contributed by atoms with Crippen molar-refractivity contribution in [1.29, 1.82) is 0 Å². The van der Waals surface area contributed by atoms with Gasteiger partial charge in [-0.1, -0.05) is 84.9 Å². The molecule has 5 rings (SSSR count). The summed E-state index contributed by atoms with van der Waals surface area (Å²) < 4.78 is 37.5. The summed E-state index contributed by atoms with van der Waals surface area (Å²) >= 11 is 0. The fourth-order valence-electron chi connectivity index (χ4n) is 5.65. The van der Waals surface area contributed by atoms with Crippen molar-refractivity contribution in [1.82, 2.24) is 20.9 Å². The number of rotatable bonds is 15. The van der Waals surface area contributed by atoms with Crippen LogP contribution in [0.5, 0.6) is 0 Å². The van der Waals surface area contributed by atoms with Gasteiger partial charge in [0.15, 0.2) is 11.5 Å². The van der Waals surface area contributed by atoms with E-state index in [1.807, 2.05) is 72.8 Å². The number of amides is 3. The van der Waals surface area contributed by atoms with E-state index in [1.54, 1.807) is 24.3 Å². The Kier molecular flexibility index (Phi) is 14.6. The highest BCUT2D eigenvalue weighted by Crippen LogP contribution is 2.21. The average molecular weight is 776 g/mol. The van der Waals surface area contributed by atoms with E-state index < -0.39 is 53.8 Å². The highest BCUT2D eigenvalue weighted by molar-refractivity contribution is 6.01. The SMILES string of the molecule is CC(=O)N[C@H](Cc1ccccc1)C(=O)N[C@@H](Cc1cccc2ccccc12)C(=O)N[C@@H](CCCN=C(N)N)C(=O)c1nc2ccccc2o1.O=C(O)C(F)(F)F. The third kappa shape index (κ3) is 12.4. The first-order valence-corrected chi connectivity index (χ1v) is 17.3. The fraction of sp³-hybridized carbons (Fsp3) is 0.256. The van der Waals surface area contributed by atoms with Gasteiger partial charge in [-0.05, 0) is 46.9 Å². The van der Waals surface area contributed by atoms with Crippen LogP contribution in [0.3, 0.4) is 0 Å². The standard InChI is InChI=1S/C37H39N7O5.C2HF3O2/c1-23(45)41-30(21-24-11-3-2-4-12-24)34(47)43-31(22-26-15-9-14-25-13-5-6-16-27(25)26)35(48)42-29(18-10-20-40-37(38)39)33(46)36-44-28-17-7-8-19-32(28)49-36;3-2(4,5)1(6)7/h2-9,11-17,19,29-31H,10,18,20-22H2,1H3,(H,41,45)(H,42,48)(H,43,47)(H4,38,39,40);(H,6,7)/t29-,30+,31-;/m0./s1. The Hall–Kier alpha value is -6.78. The largest absolute Gasteiger partial charge is 0.490 e. The molecular formula is C39H40F3N7O7. The van der Waals surface area contributed by atoms with Crippen LogP contribution in [0.15, 0.2) is 106 Å². The van der Waals surface area contributed by atoms with Gasteiger partial charge in [0.1, 0.15) is 17.6 Å². The van der Waals surface area contributed by atoms with E-state index in [4.69, 9.17) is 25.8 Å². The minimum absolute atomic E-state index is 0.0899. The molecule has 8 N–H and O–H groups in total. The van der Waals surface area contributed by atoms with Crippen LogP contribution in [0.25, 0.3) is 21.9 Å². The van der Waals surface area contributed by atoms with Gasteiger partial charge >= 0.3 is 12.1 Å². The number of hydrogen-bond donors (Lipinski definition) is 6. The molecule has 0 spiro atoms. The number of carboxylic acids is 1. The number of carbonyl (C=O) groups is 5. The number of aromatic nitrogens is 1. The molecule has 0 aliphatic rings. The number of carboxylic acid groups (broad SMARTS) is 1. The van der Waals surface area contributed by atoms with Gasteiger partial charge in [-0.15, -0.1) is 0 Å². The van der Waals surface area contributed by atoms with Crippen LogP contribution >= 0.6 is 0 Å². The maximum Gasteiger partial charge on any atom is 0.490 e. The monoisotopic (exact) mass is 775 g/mol. The molecule has 56 heavy (non-hydrogen) atoms. The molecule has 0 saturated carbocycles. The molecule has 294 valence electrons. The molecule has 0 aliphatic carbocycles. The molecule has 0 radical (unpaired) electrons. The molecule has 0 saturated heterocycles. The van der Waals surface area contributed by atoms with Crippen molar-refractivity contribution >= 4 is 57.3 Å². The van der Waals surface area contributed by atoms with E-state index in [2.05, 4.69) is 25.9 Å². The van der Waals surface area contributed by atoms with Crippen molar-refractivity contribution in [3.8, 4) is 0 Å². The quantitative estimate of drug-likeness (QED) is 0.0390. The number of hydrogen-bond acceptors (Lipinski definition) is 8. The number of aliphatic carboxylic acids is 1. The highest BCUT2D eigenvalue weighted by Gasteiger charge is 2.38. The second-order valence-corrected chi connectivity index (χ2v) is 12.5. The summed E-state index contributed by atoms with van der Waals surface area (Å²) in [4.78, 5) is 71.2. The third-order valence-corrected chi connectivity index (χ3v) is 8.24. The van der Waals surface area contributed by atoms with Gasteiger partial charge in [0.25, 0.3) is 5.89 Å². The number of nitrogens with two attached hydrogens (primary N) is 2. The molecule has 17 heteroatoms. The van der Waals surface area contributed by atoms with E-state index in [0.717, 1.165) is 21.9 Å². The van der Waals surface area contributed by atoms with Crippen LogP contribution in [-0.4, -0.2) is 76.4 Å². The summed E-state index contributed by atoms with van der Waals surface area (Å²) in [6.07, 6.45) is -4.25. The van der Waals surface area contributed by atoms with E-state index in [9.17, 15) is 32.3 Å². The summed E-state index contributed by atoms with van der Waals surface area (Å²) in [5.74, 6) is -5.08. The van der Waals surface area contributed by atoms with Crippen molar-refractivity contribution < 1.29 is 46.7 Å². The van der Waals surface area contributed by atoms with E-state index in [1.165, 1.54) is 6.92 Å². The maximum atomic E-state index is 14.2. The third-order valence-electron chi connectivity index (χ3n) is 8.24. The van der Waals surface area contributed by atoms with Gasteiger partial charge in [0, 0.05) is 26.3 Å². The number of benzene rings is 4. The minimum Gasteiger partial charge on any atom is -0.475 e. The number of alkyl halides is 3. The number of aliphatic imine (C=N–C) groups is 1. The van der Waals surface area contributed by atoms with Gasteiger partial charge in [-0.2, -0.15) is 13.2 Å². The number of nitrogens with one attached hydrogen (secondary N) is 3. The number of carbonyl (C=O) groups excluding carboxylic acids is 4. The average Bonchev–Trinajstić information content (AvgIpc) is 3.60. The Morgan fingerprint density at radius 1 is 0.786 bits per heavy atom. The van der Waals surface area contributed by atoms with Crippen LogP contribution in [0.1, 0.15) is 41.6 Å². The molecule has 3 amide bonds. The zero-order valence-corrected chi connectivity index (χ0v) is 30.1. The number of nitrogens with zero attached hydrogens (tertiary/aromatic N) is 2. The Bertz CT molecular complexity index is 2150. The molecule has 1 aromatic heterocycles. The number of fused-ring (bicyclic) bond motifs is 2. The number of para-hydroxylation sites is 2. The predicted octanol–water partition coefficient (Wildman–Crippen LogP) is 3.81. The first-order chi connectivity index (χ1) is 26.6. The second kappa shape index (κ2) is 19.5. The number of Topliss-reactive ketones (excluding diaryl/α,β-unsaturated/α-hetero) is 1. The maximum absolute atomic E-state index is 14.2. The smallest absolute Gasteiger partial charge is 0.475 e. The Morgan fingerprint density at radius 2 is 1.38 bits per heavy atom. The van der Waals surface area contributed by atoms with Crippen LogP contribution in [-0.2, 0) is 32.0 Å².